The van der Waals surface area contributed by atoms with Gasteiger partial charge in [0.05, 0.1) is 17.8 Å². The largest absolute Gasteiger partial charge is 0.488 e. The number of imidazole rings is 1. The summed E-state index contributed by atoms with van der Waals surface area (Å²) >= 11 is 5.97. The molecule has 3 aromatic rings. The fourth-order valence-electron chi connectivity index (χ4n) is 2.72. The van der Waals surface area contributed by atoms with Crippen LogP contribution in [-0.2, 0) is 30.2 Å². The van der Waals surface area contributed by atoms with Gasteiger partial charge in [0.2, 0.25) is 0 Å². The van der Waals surface area contributed by atoms with Crippen molar-refractivity contribution in [1.29, 1.82) is 0 Å². The Hall–Kier alpha value is -3.07. The lowest BCUT2D eigenvalue weighted by Crippen LogP contribution is -2.37. The number of esters is 1. The summed E-state index contributed by atoms with van der Waals surface area (Å²) in [4.78, 5) is 40.3. The van der Waals surface area contributed by atoms with Crippen LogP contribution in [0.2, 0.25) is 5.02 Å². The van der Waals surface area contributed by atoms with Crippen molar-refractivity contribution in [2.24, 2.45) is 14.1 Å². The molecule has 0 amide bonds. The van der Waals surface area contributed by atoms with E-state index in [2.05, 4.69) is 4.98 Å². The number of carbonyl (C=O) groups excluding carboxylic acids is 1. The highest BCUT2D eigenvalue weighted by atomic mass is 35.5. The monoisotopic (exact) mass is 406 g/mol. The Kier molecular flexibility index (Phi) is 5.84. The van der Waals surface area contributed by atoms with Crippen LogP contribution in [0.5, 0.6) is 5.75 Å². The molecule has 0 aliphatic carbocycles. The van der Waals surface area contributed by atoms with Gasteiger partial charge in [-0.15, -0.1) is 0 Å². The number of hydrogen-bond donors (Lipinski definition) is 0. The molecule has 1 aromatic carbocycles. The van der Waals surface area contributed by atoms with Crippen LogP contribution in [0.1, 0.15) is 6.42 Å². The highest BCUT2D eigenvalue weighted by molar-refractivity contribution is 6.32. The molecule has 2 heterocycles. The summed E-state index contributed by atoms with van der Waals surface area (Å²) in [5, 5.41) is 0.483. The molecule has 10 heteroatoms. The maximum atomic E-state index is 12.3. The predicted molar refractivity (Wildman–Crippen MR) is 103 cm³/mol. The minimum absolute atomic E-state index is 0.0452. The molecule has 0 radical (unpaired) electrons. The number of rotatable bonds is 7. The van der Waals surface area contributed by atoms with Crippen LogP contribution in [-0.4, -0.2) is 37.9 Å². The molecule has 0 bridgehead atoms. The zero-order valence-corrected chi connectivity index (χ0v) is 16.2. The third-order valence-electron chi connectivity index (χ3n) is 4.21. The molecule has 3 rings (SSSR count). The Morgan fingerprint density at radius 2 is 1.89 bits per heavy atom. The molecular formula is C18H19ClN4O5. The highest BCUT2D eigenvalue weighted by Gasteiger charge is 2.15. The number of halogens is 1. The maximum absolute atomic E-state index is 12.3. The molecular weight excluding hydrogens is 388 g/mol. The van der Waals surface area contributed by atoms with Gasteiger partial charge in [0, 0.05) is 20.6 Å². The van der Waals surface area contributed by atoms with Crippen LogP contribution in [0.25, 0.3) is 11.2 Å². The number of nitrogens with zero attached hydrogens (tertiary/aromatic N) is 4. The molecule has 9 nitrogen and oxygen atoms in total. The van der Waals surface area contributed by atoms with Gasteiger partial charge >= 0.3 is 11.7 Å². The molecule has 28 heavy (non-hydrogen) atoms. The molecule has 148 valence electrons. The lowest BCUT2D eigenvalue weighted by molar-refractivity contribution is -0.144. The van der Waals surface area contributed by atoms with Gasteiger partial charge < -0.3 is 14.0 Å². The lowest BCUT2D eigenvalue weighted by atomic mass is 10.3. The zero-order valence-electron chi connectivity index (χ0n) is 15.4. The van der Waals surface area contributed by atoms with E-state index in [9.17, 15) is 14.4 Å². The van der Waals surface area contributed by atoms with Gasteiger partial charge in [-0.3, -0.25) is 18.7 Å². The summed E-state index contributed by atoms with van der Waals surface area (Å²) in [6.07, 6.45) is 1.48. The topological polar surface area (TPSA) is 97.3 Å². The van der Waals surface area contributed by atoms with E-state index in [4.69, 9.17) is 21.1 Å². The quantitative estimate of drug-likeness (QED) is 0.430. The third kappa shape index (κ3) is 3.94. The standard InChI is InChI=1S/C18H19ClN4O5/c1-21-16-15(17(25)22(2)18(21)26)23(11-20-16)8-7-14(24)28-10-9-27-13-6-4-3-5-12(13)19/h3-6,11H,7-10H2,1-2H3. The third-order valence-corrected chi connectivity index (χ3v) is 4.53. The van der Waals surface area contributed by atoms with Crippen molar-refractivity contribution in [3.05, 3.63) is 56.5 Å². The van der Waals surface area contributed by atoms with Gasteiger partial charge in [-0.1, -0.05) is 23.7 Å². The van der Waals surface area contributed by atoms with Crippen LogP contribution in [0.15, 0.2) is 40.2 Å². The number of ether oxygens (including phenoxy) is 2. The average molecular weight is 407 g/mol. The van der Waals surface area contributed by atoms with E-state index in [1.165, 1.54) is 25.0 Å². The summed E-state index contributed by atoms with van der Waals surface area (Å²) < 4.78 is 14.4. The van der Waals surface area contributed by atoms with Crippen molar-refractivity contribution in [2.45, 2.75) is 13.0 Å². The van der Waals surface area contributed by atoms with Crippen molar-refractivity contribution in [2.75, 3.05) is 13.2 Å². The Labute approximate surface area is 164 Å². The second-order valence-corrected chi connectivity index (χ2v) is 6.47. The number of fused-ring (bicyclic) bond motifs is 1. The Morgan fingerprint density at radius 3 is 2.64 bits per heavy atom. The number of carbonyl (C=O) groups is 1. The Balaban J connectivity index is 1.56. The smallest absolute Gasteiger partial charge is 0.332 e. The molecule has 0 unspecified atom stereocenters. The summed E-state index contributed by atoms with van der Waals surface area (Å²) in [6, 6.07) is 7.02. The van der Waals surface area contributed by atoms with Crippen molar-refractivity contribution < 1.29 is 14.3 Å². The predicted octanol–water partition coefficient (Wildman–Crippen LogP) is 1.10. The fraction of sp³-hybridized carbons (Fsp3) is 0.333. The van der Waals surface area contributed by atoms with Crippen LogP contribution in [0.4, 0.5) is 0 Å². The number of benzene rings is 1. The van der Waals surface area contributed by atoms with E-state index in [1.54, 1.807) is 28.8 Å². The molecule has 2 aromatic heterocycles. The number of hydrogen-bond acceptors (Lipinski definition) is 6. The Bertz CT molecular complexity index is 1130. The number of aryl methyl sites for hydroxylation is 2. The van der Waals surface area contributed by atoms with Gasteiger partial charge in [-0.25, -0.2) is 9.78 Å². The average Bonchev–Trinajstić information content (AvgIpc) is 3.12. The van der Waals surface area contributed by atoms with E-state index < -0.39 is 17.2 Å². The van der Waals surface area contributed by atoms with E-state index in [0.717, 1.165) is 4.57 Å². The van der Waals surface area contributed by atoms with Gasteiger partial charge in [0.25, 0.3) is 5.56 Å². The normalized spacial score (nSPS) is 11.0. The minimum Gasteiger partial charge on any atom is -0.488 e. The first-order valence-corrected chi connectivity index (χ1v) is 8.91. The summed E-state index contributed by atoms with van der Waals surface area (Å²) in [7, 11) is 2.93. The molecule has 0 aliphatic rings. The van der Waals surface area contributed by atoms with Gasteiger partial charge in [0.1, 0.15) is 19.0 Å². The van der Waals surface area contributed by atoms with Gasteiger partial charge in [-0.05, 0) is 12.1 Å². The molecule has 0 fully saturated rings. The van der Waals surface area contributed by atoms with E-state index in [0.29, 0.717) is 10.8 Å². The summed E-state index contributed by atoms with van der Waals surface area (Å²) in [5.41, 5.74) is -0.383. The van der Waals surface area contributed by atoms with Crippen LogP contribution in [0.3, 0.4) is 0 Å². The SMILES string of the molecule is Cn1c(=O)c2c(ncn2CCC(=O)OCCOc2ccccc2Cl)n(C)c1=O. The molecule has 0 atom stereocenters. The number of para-hydroxylation sites is 1. The lowest BCUT2D eigenvalue weighted by Gasteiger charge is -2.09. The van der Waals surface area contributed by atoms with Crippen molar-refractivity contribution in [3.63, 3.8) is 0 Å². The summed E-state index contributed by atoms with van der Waals surface area (Å²) in [5.74, 6) is 0.0813. The van der Waals surface area contributed by atoms with Crippen LogP contribution < -0.4 is 16.0 Å². The Morgan fingerprint density at radius 1 is 1.14 bits per heavy atom. The first kappa shape index (κ1) is 19.7. The van der Waals surface area contributed by atoms with Crippen molar-refractivity contribution in [1.82, 2.24) is 18.7 Å². The van der Waals surface area contributed by atoms with Crippen molar-refractivity contribution >= 4 is 28.7 Å². The molecule has 0 saturated carbocycles. The zero-order chi connectivity index (χ0) is 20.3. The second kappa shape index (κ2) is 8.30. The molecule has 0 spiro atoms. The van der Waals surface area contributed by atoms with E-state index in [-0.39, 0.29) is 37.3 Å². The van der Waals surface area contributed by atoms with Gasteiger partial charge in [-0.2, -0.15) is 0 Å². The van der Waals surface area contributed by atoms with E-state index in [1.807, 2.05) is 0 Å². The molecule has 0 aliphatic heterocycles. The molecule has 0 saturated heterocycles. The highest BCUT2D eigenvalue weighted by Crippen LogP contribution is 2.22. The number of aromatic nitrogens is 4. The minimum atomic E-state index is -0.461. The fourth-order valence-corrected chi connectivity index (χ4v) is 2.91. The van der Waals surface area contributed by atoms with Crippen LogP contribution >= 0.6 is 11.6 Å². The van der Waals surface area contributed by atoms with E-state index >= 15 is 0 Å². The van der Waals surface area contributed by atoms with Crippen LogP contribution in [0, 0.1) is 0 Å². The first-order chi connectivity index (χ1) is 13.4. The second-order valence-electron chi connectivity index (χ2n) is 6.07. The summed E-state index contributed by atoms with van der Waals surface area (Å²) in [6.45, 7) is 0.450. The van der Waals surface area contributed by atoms with Gasteiger partial charge in [0.15, 0.2) is 11.2 Å². The molecule has 0 N–H and O–H groups in total. The first-order valence-electron chi connectivity index (χ1n) is 8.54. The van der Waals surface area contributed by atoms with Crippen molar-refractivity contribution in [3.8, 4) is 5.75 Å². The maximum Gasteiger partial charge on any atom is 0.332 e.